The fourth-order valence-corrected chi connectivity index (χ4v) is 8.30. The minimum absolute atomic E-state index is 0.484. The summed E-state index contributed by atoms with van der Waals surface area (Å²) in [6, 6.07) is 24.5. The molecule has 3 aromatic rings. The predicted molar refractivity (Wildman–Crippen MR) is 195 cm³/mol. The van der Waals surface area contributed by atoms with Crippen molar-refractivity contribution < 1.29 is 0 Å². The van der Waals surface area contributed by atoms with Gasteiger partial charge in [-0.25, -0.2) is 0 Å². The molecule has 236 valence electrons. The van der Waals surface area contributed by atoms with Crippen LogP contribution in [0.5, 0.6) is 0 Å². The lowest BCUT2D eigenvalue weighted by Crippen LogP contribution is -2.28. The molecule has 1 nitrogen and oxygen atoms in total. The lowest BCUT2D eigenvalue weighted by atomic mass is 9.65. The van der Waals surface area contributed by atoms with Crippen molar-refractivity contribution in [2.75, 3.05) is 0 Å². The summed E-state index contributed by atoms with van der Waals surface area (Å²) in [6.45, 7) is 14.4. The number of benzene rings is 2. The third-order valence-electron chi connectivity index (χ3n) is 10.7. The Kier molecular flexibility index (Phi) is 11.5. The molecule has 5 atom stereocenters. The van der Waals surface area contributed by atoms with Crippen LogP contribution in [0.4, 0.5) is 0 Å². The fraction of sp³-hybridized carbons (Fsp3) is 0.432. The average Bonchev–Trinajstić information content (AvgIpc) is 3.09. The van der Waals surface area contributed by atoms with E-state index in [1.165, 1.54) is 78.3 Å². The molecule has 0 saturated heterocycles. The van der Waals surface area contributed by atoms with Crippen LogP contribution in [0.2, 0.25) is 0 Å². The summed E-state index contributed by atoms with van der Waals surface area (Å²) in [6.07, 6.45) is 21.6. The maximum Gasteiger partial charge on any atom is 0.0783 e. The zero-order valence-electron chi connectivity index (χ0n) is 28.7. The quantitative estimate of drug-likeness (QED) is 0.179. The summed E-state index contributed by atoms with van der Waals surface area (Å²) in [7, 11) is 0. The molecule has 5 rings (SSSR count). The van der Waals surface area contributed by atoms with E-state index in [1.54, 1.807) is 11.1 Å². The number of allylic oxidation sites excluding steroid dienone is 8. The normalized spacial score (nSPS) is 20.4. The van der Waals surface area contributed by atoms with Gasteiger partial charge < -0.3 is 0 Å². The van der Waals surface area contributed by atoms with Crippen molar-refractivity contribution >= 4 is 5.57 Å². The van der Waals surface area contributed by atoms with E-state index in [1.807, 2.05) is 6.20 Å². The summed E-state index contributed by atoms with van der Waals surface area (Å²) in [5.74, 6) is 2.65. The Balaban J connectivity index is 1.56. The highest BCUT2D eigenvalue weighted by atomic mass is 14.7. The van der Waals surface area contributed by atoms with Crippen LogP contribution in [0.3, 0.4) is 0 Å². The first-order chi connectivity index (χ1) is 22.0. The van der Waals surface area contributed by atoms with Gasteiger partial charge in [-0.05, 0) is 86.0 Å². The summed E-state index contributed by atoms with van der Waals surface area (Å²) >= 11 is 0. The summed E-state index contributed by atoms with van der Waals surface area (Å²) in [5.41, 5.74) is 12.5. The van der Waals surface area contributed by atoms with Crippen molar-refractivity contribution in [2.45, 2.75) is 98.8 Å². The first kappa shape index (κ1) is 32.9. The minimum Gasteiger partial charge on any atom is -0.256 e. The number of aryl methyl sites for hydroxylation is 1. The number of hydrogen-bond donors (Lipinski definition) is 0. The van der Waals surface area contributed by atoms with E-state index in [2.05, 4.69) is 133 Å². The molecule has 5 unspecified atom stereocenters. The molecule has 45 heavy (non-hydrogen) atoms. The largest absolute Gasteiger partial charge is 0.256 e. The van der Waals surface area contributed by atoms with Crippen LogP contribution in [0, 0.1) is 30.6 Å². The van der Waals surface area contributed by atoms with Crippen LogP contribution in [0.15, 0.2) is 114 Å². The third-order valence-corrected chi connectivity index (χ3v) is 10.7. The number of fused-ring (bicyclic) bond motifs is 1. The number of pyridine rings is 1. The van der Waals surface area contributed by atoms with E-state index < -0.39 is 0 Å². The monoisotopic (exact) mass is 597 g/mol. The standard InChI is InChI=1S/C44H55N/c1-7-10-18-34(9-3)43(36-26-24-31(4)25-27-36)33(6)37(17-8-2)32(5)38-28-29-42(41-22-15-14-21-40(38)41)44-39(23-16-30-45-44)35-19-12-11-13-20-35/h11-13,15-16,19-20,22-30,32,34,38,40,43H,7-10,14,17-18,21H2,1-6H3/b37-33-. The van der Waals surface area contributed by atoms with E-state index in [0.29, 0.717) is 29.6 Å². The predicted octanol–water partition coefficient (Wildman–Crippen LogP) is 12.7. The van der Waals surface area contributed by atoms with Gasteiger partial charge in [0.2, 0.25) is 0 Å². The SMILES string of the molecule is CCCCC(CC)C(/C(C)=C(/CCC)C(C)C1C=CC(c2ncccc2-c2ccccc2)=C2C=CCCC21)c1ccc(C)cc1. The highest BCUT2D eigenvalue weighted by molar-refractivity contribution is 5.87. The Bertz CT molecular complexity index is 1520. The highest BCUT2D eigenvalue weighted by Gasteiger charge is 2.36. The van der Waals surface area contributed by atoms with Crippen LogP contribution < -0.4 is 0 Å². The van der Waals surface area contributed by atoms with Crippen molar-refractivity contribution in [3.8, 4) is 11.1 Å². The Morgan fingerprint density at radius 3 is 2.40 bits per heavy atom. The zero-order valence-corrected chi connectivity index (χ0v) is 28.7. The van der Waals surface area contributed by atoms with Crippen molar-refractivity contribution in [1.82, 2.24) is 4.98 Å². The van der Waals surface area contributed by atoms with E-state index in [9.17, 15) is 0 Å². The van der Waals surface area contributed by atoms with Crippen LogP contribution >= 0.6 is 0 Å². The molecular formula is C44H55N. The molecule has 0 saturated carbocycles. The topological polar surface area (TPSA) is 12.9 Å². The van der Waals surface area contributed by atoms with Crippen LogP contribution in [-0.2, 0) is 0 Å². The number of nitrogens with zero attached hydrogens (tertiary/aromatic N) is 1. The van der Waals surface area contributed by atoms with Gasteiger partial charge in [-0.2, -0.15) is 0 Å². The smallest absolute Gasteiger partial charge is 0.0783 e. The molecule has 0 N–H and O–H groups in total. The van der Waals surface area contributed by atoms with E-state index in [4.69, 9.17) is 4.98 Å². The van der Waals surface area contributed by atoms with Crippen molar-refractivity contribution in [3.63, 3.8) is 0 Å². The van der Waals surface area contributed by atoms with Gasteiger partial charge in [-0.1, -0.05) is 155 Å². The van der Waals surface area contributed by atoms with Crippen molar-refractivity contribution in [3.05, 3.63) is 131 Å². The Hall–Kier alpha value is -3.45. The summed E-state index contributed by atoms with van der Waals surface area (Å²) in [5, 5.41) is 0. The molecule has 1 heteroatoms. The molecule has 0 fully saturated rings. The first-order valence-electron chi connectivity index (χ1n) is 17.8. The Labute approximate surface area is 274 Å². The van der Waals surface area contributed by atoms with E-state index in [-0.39, 0.29) is 0 Å². The van der Waals surface area contributed by atoms with Gasteiger partial charge in [-0.15, -0.1) is 0 Å². The van der Waals surface area contributed by atoms with Gasteiger partial charge >= 0.3 is 0 Å². The molecule has 2 aliphatic rings. The first-order valence-corrected chi connectivity index (χ1v) is 17.8. The van der Waals surface area contributed by atoms with Gasteiger partial charge in [0.05, 0.1) is 5.69 Å². The van der Waals surface area contributed by atoms with Crippen molar-refractivity contribution in [2.24, 2.45) is 23.7 Å². The molecule has 0 spiro atoms. The summed E-state index contributed by atoms with van der Waals surface area (Å²) < 4.78 is 0. The maximum atomic E-state index is 5.00. The lowest BCUT2D eigenvalue weighted by molar-refractivity contribution is 0.333. The van der Waals surface area contributed by atoms with Crippen LogP contribution in [0.1, 0.15) is 109 Å². The van der Waals surface area contributed by atoms with Gasteiger partial charge in [-0.3, -0.25) is 4.98 Å². The summed E-state index contributed by atoms with van der Waals surface area (Å²) in [4.78, 5) is 5.00. The van der Waals surface area contributed by atoms with Gasteiger partial charge in [0.25, 0.3) is 0 Å². The molecule has 2 aromatic carbocycles. The zero-order chi connectivity index (χ0) is 31.8. The number of aromatic nitrogens is 1. The molecule has 2 aliphatic carbocycles. The second-order valence-electron chi connectivity index (χ2n) is 13.6. The molecule has 0 amide bonds. The minimum atomic E-state index is 0.484. The lowest BCUT2D eigenvalue weighted by Gasteiger charge is -2.39. The molecule has 1 aromatic heterocycles. The third kappa shape index (κ3) is 7.35. The molecule has 0 bridgehead atoms. The Morgan fingerprint density at radius 1 is 0.911 bits per heavy atom. The Morgan fingerprint density at radius 2 is 1.69 bits per heavy atom. The van der Waals surface area contributed by atoms with Crippen molar-refractivity contribution in [1.29, 1.82) is 0 Å². The van der Waals surface area contributed by atoms with E-state index >= 15 is 0 Å². The second kappa shape index (κ2) is 15.7. The number of hydrogen-bond acceptors (Lipinski definition) is 1. The van der Waals surface area contributed by atoms with Gasteiger partial charge in [0.1, 0.15) is 0 Å². The fourth-order valence-electron chi connectivity index (χ4n) is 8.30. The van der Waals surface area contributed by atoms with E-state index in [0.717, 1.165) is 12.1 Å². The number of unbranched alkanes of at least 4 members (excludes halogenated alkanes) is 1. The number of rotatable bonds is 13. The maximum absolute atomic E-state index is 5.00. The molecular weight excluding hydrogens is 542 g/mol. The molecule has 1 heterocycles. The highest BCUT2D eigenvalue weighted by Crippen LogP contribution is 2.48. The molecule has 0 aliphatic heterocycles. The van der Waals surface area contributed by atoms with Gasteiger partial charge in [0, 0.05) is 23.3 Å². The van der Waals surface area contributed by atoms with Crippen LogP contribution in [-0.4, -0.2) is 4.98 Å². The molecule has 0 radical (unpaired) electrons. The van der Waals surface area contributed by atoms with Crippen LogP contribution in [0.25, 0.3) is 16.7 Å². The average molecular weight is 598 g/mol. The second-order valence-corrected chi connectivity index (χ2v) is 13.6. The van der Waals surface area contributed by atoms with Gasteiger partial charge in [0.15, 0.2) is 0 Å².